The van der Waals surface area contributed by atoms with Gasteiger partial charge in [0, 0.05) is 38.8 Å². The Bertz CT molecular complexity index is 307. The van der Waals surface area contributed by atoms with Crippen LogP contribution in [0.25, 0.3) is 0 Å². The van der Waals surface area contributed by atoms with Crippen LogP contribution < -0.4 is 10.6 Å². The fourth-order valence-corrected chi connectivity index (χ4v) is 2.78. The van der Waals surface area contributed by atoms with Crippen molar-refractivity contribution in [1.82, 2.24) is 15.5 Å². The Kier molecular flexibility index (Phi) is 8.69. The molecule has 124 valence electrons. The number of methoxy groups -OCH3 is 1. The van der Waals surface area contributed by atoms with Crippen molar-refractivity contribution in [3.05, 3.63) is 0 Å². The number of hydrogen-bond acceptors (Lipinski definition) is 3. The summed E-state index contributed by atoms with van der Waals surface area (Å²) in [7, 11) is 1.73. The van der Waals surface area contributed by atoms with E-state index in [1.807, 2.05) is 0 Å². The average Bonchev–Trinajstić information content (AvgIpc) is 2.45. The minimum Gasteiger partial charge on any atom is -0.383 e. The van der Waals surface area contributed by atoms with Crippen LogP contribution in [0, 0.1) is 5.92 Å². The fourth-order valence-electron chi connectivity index (χ4n) is 2.78. The Morgan fingerprint density at radius 1 is 1.38 bits per heavy atom. The highest BCUT2D eigenvalue weighted by molar-refractivity contribution is 5.80. The Balaban J connectivity index is 2.48. The molecule has 0 aromatic carbocycles. The fraction of sp³-hybridized carbons (Fsp3) is 0.938. The molecule has 0 saturated carbocycles. The first-order valence-electron chi connectivity index (χ1n) is 8.34. The van der Waals surface area contributed by atoms with Gasteiger partial charge in [-0.05, 0) is 53.0 Å². The van der Waals surface area contributed by atoms with E-state index in [9.17, 15) is 0 Å². The molecule has 21 heavy (non-hydrogen) atoms. The number of aliphatic imine (C=N–C) groups is 1. The summed E-state index contributed by atoms with van der Waals surface area (Å²) in [6.07, 6.45) is 2.59. The highest BCUT2D eigenvalue weighted by Gasteiger charge is 2.21. The van der Waals surface area contributed by atoms with Gasteiger partial charge in [0.25, 0.3) is 0 Å². The molecule has 2 N–H and O–H groups in total. The molecule has 5 nitrogen and oxygen atoms in total. The predicted molar refractivity (Wildman–Crippen MR) is 89.9 cm³/mol. The van der Waals surface area contributed by atoms with Crippen LogP contribution in [0.15, 0.2) is 4.99 Å². The molecule has 1 heterocycles. The molecular weight excluding hydrogens is 264 g/mol. The zero-order chi connectivity index (χ0) is 15.7. The Morgan fingerprint density at radius 3 is 2.76 bits per heavy atom. The molecule has 2 unspecified atom stereocenters. The number of guanidine groups is 1. The Labute approximate surface area is 130 Å². The van der Waals surface area contributed by atoms with Crippen molar-refractivity contribution in [3.8, 4) is 0 Å². The molecule has 1 rings (SSSR count). The molecule has 0 aromatic heterocycles. The van der Waals surface area contributed by atoms with Crippen LogP contribution in [-0.2, 0) is 4.74 Å². The number of ether oxygens (including phenoxy) is 1. The third kappa shape index (κ3) is 7.14. The van der Waals surface area contributed by atoms with Crippen molar-refractivity contribution in [2.75, 3.05) is 39.9 Å². The van der Waals surface area contributed by atoms with E-state index in [2.05, 4.69) is 43.2 Å². The number of nitrogens with zero attached hydrogens (tertiary/aromatic N) is 2. The first-order valence-corrected chi connectivity index (χ1v) is 8.34. The molecule has 2 atom stereocenters. The molecule has 0 spiro atoms. The minimum absolute atomic E-state index is 0.270. The second-order valence-corrected chi connectivity index (χ2v) is 6.32. The van der Waals surface area contributed by atoms with Crippen LogP contribution in [-0.4, -0.2) is 62.8 Å². The second-order valence-electron chi connectivity index (χ2n) is 6.32. The largest absolute Gasteiger partial charge is 0.383 e. The van der Waals surface area contributed by atoms with E-state index in [-0.39, 0.29) is 6.04 Å². The van der Waals surface area contributed by atoms with Gasteiger partial charge >= 0.3 is 0 Å². The van der Waals surface area contributed by atoms with Crippen molar-refractivity contribution in [3.63, 3.8) is 0 Å². The minimum atomic E-state index is 0.270. The highest BCUT2D eigenvalue weighted by atomic mass is 16.5. The highest BCUT2D eigenvalue weighted by Crippen LogP contribution is 2.18. The van der Waals surface area contributed by atoms with Crippen molar-refractivity contribution in [2.24, 2.45) is 10.9 Å². The lowest BCUT2D eigenvalue weighted by molar-refractivity contribution is 0.143. The first-order chi connectivity index (χ1) is 10.1. The van der Waals surface area contributed by atoms with Crippen LogP contribution in [0.4, 0.5) is 0 Å². The van der Waals surface area contributed by atoms with Gasteiger partial charge in [-0.2, -0.15) is 0 Å². The van der Waals surface area contributed by atoms with E-state index in [4.69, 9.17) is 9.73 Å². The SMILES string of the molecule is CCNC(=NCC1CCCN(C(C)C)C1)NC(C)COC. The summed E-state index contributed by atoms with van der Waals surface area (Å²) in [5.41, 5.74) is 0. The number of likely N-dealkylation sites (tertiary alicyclic amines) is 1. The summed E-state index contributed by atoms with van der Waals surface area (Å²) < 4.78 is 5.17. The third-order valence-electron chi connectivity index (χ3n) is 3.93. The Morgan fingerprint density at radius 2 is 2.14 bits per heavy atom. The first kappa shape index (κ1) is 18.2. The van der Waals surface area contributed by atoms with Crippen LogP contribution in [0.2, 0.25) is 0 Å². The van der Waals surface area contributed by atoms with E-state index in [0.717, 1.165) is 19.0 Å². The summed E-state index contributed by atoms with van der Waals surface area (Å²) in [6.45, 7) is 13.7. The van der Waals surface area contributed by atoms with Gasteiger partial charge in [-0.1, -0.05) is 0 Å². The van der Waals surface area contributed by atoms with Gasteiger partial charge in [0.2, 0.25) is 0 Å². The summed E-state index contributed by atoms with van der Waals surface area (Å²) >= 11 is 0. The standard InChI is InChI=1S/C16H34N4O/c1-6-17-16(19-14(4)12-21-5)18-10-15-8-7-9-20(11-15)13(2)3/h13-15H,6-12H2,1-5H3,(H2,17,18,19). The average molecular weight is 298 g/mol. The molecule has 0 radical (unpaired) electrons. The normalized spacial score (nSPS) is 22.4. The van der Waals surface area contributed by atoms with Gasteiger partial charge in [0.05, 0.1) is 6.61 Å². The molecule has 1 aliphatic rings. The van der Waals surface area contributed by atoms with Crippen LogP contribution in [0.3, 0.4) is 0 Å². The van der Waals surface area contributed by atoms with Crippen molar-refractivity contribution >= 4 is 5.96 Å². The number of hydrogen-bond donors (Lipinski definition) is 2. The van der Waals surface area contributed by atoms with E-state index < -0.39 is 0 Å². The maximum Gasteiger partial charge on any atom is 0.191 e. The van der Waals surface area contributed by atoms with E-state index in [1.54, 1.807) is 7.11 Å². The van der Waals surface area contributed by atoms with Crippen LogP contribution in [0.1, 0.15) is 40.5 Å². The van der Waals surface area contributed by atoms with Gasteiger partial charge in [0.1, 0.15) is 0 Å². The summed E-state index contributed by atoms with van der Waals surface area (Å²) in [4.78, 5) is 7.33. The molecule has 1 saturated heterocycles. The molecule has 0 bridgehead atoms. The second kappa shape index (κ2) is 10.0. The van der Waals surface area contributed by atoms with Gasteiger partial charge in [0.15, 0.2) is 5.96 Å². The summed E-state index contributed by atoms with van der Waals surface area (Å²) in [5, 5.41) is 6.71. The smallest absolute Gasteiger partial charge is 0.191 e. The zero-order valence-electron chi connectivity index (χ0n) is 14.5. The zero-order valence-corrected chi connectivity index (χ0v) is 14.5. The maximum absolute atomic E-state index is 5.17. The third-order valence-corrected chi connectivity index (χ3v) is 3.93. The predicted octanol–water partition coefficient (Wildman–Crippen LogP) is 1.70. The van der Waals surface area contributed by atoms with Crippen molar-refractivity contribution in [1.29, 1.82) is 0 Å². The number of piperidine rings is 1. The molecule has 0 aliphatic carbocycles. The van der Waals surface area contributed by atoms with Crippen LogP contribution in [0.5, 0.6) is 0 Å². The molecule has 1 fully saturated rings. The molecular formula is C16H34N4O. The Hall–Kier alpha value is -0.810. The molecule has 5 heteroatoms. The summed E-state index contributed by atoms with van der Waals surface area (Å²) in [6, 6.07) is 0.913. The quantitative estimate of drug-likeness (QED) is 0.555. The van der Waals surface area contributed by atoms with E-state index in [1.165, 1.54) is 25.9 Å². The lowest BCUT2D eigenvalue weighted by Gasteiger charge is -2.34. The monoisotopic (exact) mass is 298 g/mol. The lowest BCUT2D eigenvalue weighted by atomic mass is 9.97. The number of nitrogens with one attached hydrogen (secondary N) is 2. The van der Waals surface area contributed by atoms with Gasteiger partial charge in [-0.3, -0.25) is 4.99 Å². The van der Waals surface area contributed by atoms with Crippen molar-refractivity contribution in [2.45, 2.75) is 52.6 Å². The molecule has 0 aromatic rings. The molecule has 0 amide bonds. The van der Waals surface area contributed by atoms with Gasteiger partial charge in [-0.15, -0.1) is 0 Å². The van der Waals surface area contributed by atoms with E-state index >= 15 is 0 Å². The summed E-state index contributed by atoms with van der Waals surface area (Å²) in [5.74, 6) is 1.58. The van der Waals surface area contributed by atoms with Crippen molar-refractivity contribution < 1.29 is 4.74 Å². The van der Waals surface area contributed by atoms with Crippen LogP contribution >= 0.6 is 0 Å². The molecule has 1 aliphatic heterocycles. The topological polar surface area (TPSA) is 48.9 Å². The maximum atomic E-state index is 5.17. The van der Waals surface area contributed by atoms with E-state index in [0.29, 0.717) is 18.6 Å². The number of rotatable bonds is 7. The lowest BCUT2D eigenvalue weighted by Crippen LogP contribution is -2.45. The van der Waals surface area contributed by atoms with Gasteiger partial charge in [-0.25, -0.2) is 0 Å². The van der Waals surface area contributed by atoms with Gasteiger partial charge < -0.3 is 20.3 Å².